The first-order valence-corrected chi connectivity index (χ1v) is 15.7. The molecule has 2 aliphatic rings. The van der Waals surface area contributed by atoms with E-state index >= 15 is 0 Å². The lowest BCUT2D eigenvalue weighted by molar-refractivity contribution is 0.0803. The number of aryl methyl sites for hydroxylation is 1. The molecule has 7 nitrogen and oxygen atoms in total. The van der Waals surface area contributed by atoms with E-state index in [1.54, 1.807) is 25.4 Å². The van der Waals surface area contributed by atoms with Gasteiger partial charge in [0.25, 0.3) is 5.91 Å². The zero-order chi connectivity index (χ0) is 29.9. The van der Waals surface area contributed by atoms with Crippen LogP contribution in [0, 0.1) is 5.92 Å². The molecule has 0 spiro atoms. The van der Waals surface area contributed by atoms with Crippen LogP contribution in [0.4, 0.5) is 0 Å². The van der Waals surface area contributed by atoms with Gasteiger partial charge in [0.1, 0.15) is 11.4 Å². The van der Waals surface area contributed by atoms with Gasteiger partial charge in [-0.2, -0.15) is 0 Å². The highest BCUT2D eigenvalue weighted by Crippen LogP contribution is 2.40. The second-order valence-electron chi connectivity index (χ2n) is 11.7. The smallest absolute Gasteiger partial charge is 0.253 e. The van der Waals surface area contributed by atoms with Gasteiger partial charge < -0.3 is 14.6 Å². The largest absolute Gasteiger partial charge is 0.495 e. The highest BCUT2D eigenvalue weighted by molar-refractivity contribution is 6.42. The average Bonchev–Trinajstić information content (AvgIpc) is 3.51. The molecular weight excluding hydrogens is 583 g/mol. The maximum atomic E-state index is 13.3. The Morgan fingerprint density at radius 3 is 2.53 bits per heavy atom. The minimum absolute atomic E-state index is 0.150. The van der Waals surface area contributed by atoms with Crippen molar-refractivity contribution in [2.24, 2.45) is 5.92 Å². The number of carbonyl (C=O) groups excluding carboxylic acids is 2. The summed E-state index contributed by atoms with van der Waals surface area (Å²) in [5, 5.41) is 4.84. The molecule has 4 heterocycles. The third-order valence-electron chi connectivity index (χ3n) is 8.98. The Kier molecular flexibility index (Phi) is 9.03. The Hall–Kier alpha value is -3.39. The van der Waals surface area contributed by atoms with E-state index in [9.17, 15) is 9.59 Å². The molecule has 9 heteroatoms. The van der Waals surface area contributed by atoms with Crippen LogP contribution < -0.4 is 10.1 Å². The number of piperidine rings is 1. The Morgan fingerprint density at radius 1 is 1.00 bits per heavy atom. The maximum absolute atomic E-state index is 13.3. The van der Waals surface area contributed by atoms with Crippen molar-refractivity contribution in [2.45, 2.75) is 63.7 Å². The Labute approximate surface area is 262 Å². The van der Waals surface area contributed by atoms with Gasteiger partial charge in [-0.1, -0.05) is 47.5 Å². The van der Waals surface area contributed by atoms with Crippen LogP contribution in [0.5, 0.6) is 5.75 Å². The number of pyridine rings is 1. The van der Waals surface area contributed by atoms with Gasteiger partial charge in [0.2, 0.25) is 0 Å². The predicted molar refractivity (Wildman–Crippen MR) is 170 cm³/mol. The number of Topliss-reactive ketones (excluding diaryl/α,β-unsaturated/α-hetero) is 1. The number of hydrogen-bond acceptors (Lipinski definition) is 5. The molecule has 0 radical (unpaired) electrons. The number of halogens is 2. The molecule has 0 saturated carbocycles. The number of methoxy groups -OCH3 is 1. The third-order valence-corrected chi connectivity index (χ3v) is 9.72. The molecule has 1 N–H and O–H groups in total. The van der Waals surface area contributed by atoms with E-state index in [-0.39, 0.29) is 11.7 Å². The van der Waals surface area contributed by atoms with Gasteiger partial charge in [0.05, 0.1) is 28.2 Å². The number of rotatable bonds is 11. The molecule has 2 bridgehead atoms. The van der Waals surface area contributed by atoms with E-state index in [1.165, 1.54) is 12.8 Å². The minimum Gasteiger partial charge on any atom is -0.495 e. The summed E-state index contributed by atoms with van der Waals surface area (Å²) in [4.78, 5) is 33.0. The lowest BCUT2D eigenvalue weighted by Crippen LogP contribution is -2.43. The van der Waals surface area contributed by atoms with Crippen molar-refractivity contribution < 1.29 is 14.3 Å². The predicted octanol–water partition coefficient (Wildman–Crippen LogP) is 7.19. The van der Waals surface area contributed by atoms with Crippen molar-refractivity contribution in [1.29, 1.82) is 0 Å². The fourth-order valence-corrected chi connectivity index (χ4v) is 7.33. The normalized spacial score (nSPS) is 19.9. The molecular formula is C34H36Cl2N4O3. The number of nitrogens with one attached hydrogen (secondary N) is 1. The fraction of sp³-hybridized carbons (Fsp3) is 0.382. The van der Waals surface area contributed by atoms with E-state index in [0.29, 0.717) is 52.3 Å². The van der Waals surface area contributed by atoms with Crippen molar-refractivity contribution >= 4 is 45.8 Å². The Balaban J connectivity index is 1.10. The van der Waals surface area contributed by atoms with Gasteiger partial charge in [-0.05, 0) is 73.9 Å². The van der Waals surface area contributed by atoms with Crippen molar-refractivity contribution in [2.75, 3.05) is 13.7 Å². The molecule has 224 valence electrons. The molecule has 4 aromatic rings. The van der Waals surface area contributed by atoms with Crippen LogP contribution in [0.3, 0.4) is 0 Å². The molecule has 3 atom stereocenters. The number of nitrogens with zero attached hydrogens (tertiary/aromatic N) is 3. The first-order valence-electron chi connectivity index (χ1n) is 15.0. The van der Waals surface area contributed by atoms with Gasteiger partial charge in [-0.15, -0.1) is 0 Å². The van der Waals surface area contributed by atoms with Crippen LogP contribution in [0.1, 0.15) is 64.9 Å². The molecule has 2 aliphatic heterocycles. The van der Waals surface area contributed by atoms with Gasteiger partial charge in [0, 0.05) is 55.9 Å². The SMILES string of the molecule is COc1cccc2c(C(=O)NCc3ccc(Cl)c(Cl)c3)cn(CCCN3[C@@H]4CC[C@H]3CC(CC(=O)c3ccccn3)C4)c12. The van der Waals surface area contributed by atoms with Gasteiger partial charge in [0.15, 0.2) is 5.78 Å². The molecule has 43 heavy (non-hydrogen) atoms. The zero-order valence-electron chi connectivity index (χ0n) is 24.3. The minimum atomic E-state index is -0.150. The van der Waals surface area contributed by atoms with Crippen LogP contribution in [-0.2, 0) is 13.1 Å². The highest BCUT2D eigenvalue weighted by Gasteiger charge is 2.40. The summed E-state index contributed by atoms with van der Waals surface area (Å²) in [6.07, 6.45) is 9.71. The van der Waals surface area contributed by atoms with Gasteiger partial charge >= 0.3 is 0 Å². The van der Waals surface area contributed by atoms with Crippen molar-refractivity contribution in [3.63, 3.8) is 0 Å². The average molecular weight is 620 g/mol. The van der Waals surface area contributed by atoms with Crippen LogP contribution in [-0.4, -0.2) is 51.9 Å². The van der Waals surface area contributed by atoms with Gasteiger partial charge in [-0.25, -0.2) is 0 Å². The van der Waals surface area contributed by atoms with Crippen molar-refractivity contribution in [1.82, 2.24) is 19.8 Å². The van der Waals surface area contributed by atoms with E-state index in [2.05, 4.69) is 19.8 Å². The van der Waals surface area contributed by atoms with Crippen molar-refractivity contribution in [3.8, 4) is 5.75 Å². The third kappa shape index (κ3) is 6.44. The molecule has 1 amide bonds. The summed E-state index contributed by atoms with van der Waals surface area (Å²) in [7, 11) is 1.66. The molecule has 2 aromatic carbocycles. The van der Waals surface area contributed by atoms with Crippen LogP contribution >= 0.6 is 23.2 Å². The van der Waals surface area contributed by atoms with Gasteiger partial charge in [-0.3, -0.25) is 19.5 Å². The van der Waals surface area contributed by atoms with Crippen LogP contribution in [0.2, 0.25) is 10.0 Å². The zero-order valence-corrected chi connectivity index (χ0v) is 25.8. The summed E-state index contributed by atoms with van der Waals surface area (Å²) in [5.41, 5.74) is 3.00. The molecule has 2 aromatic heterocycles. The molecule has 6 rings (SSSR count). The quantitative estimate of drug-likeness (QED) is 0.180. The Morgan fingerprint density at radius 2 is 1.81 bits per heavy atom. The number of carbonyl (C=O) groups is 2. The standard InChI is InChI=1S/C34H36Cl2N4O3/c1-43-32-8-4-6-26-27(34(42)38-20-22-9-12-28(35)29(36)18-22)21-39(33(26)32)14-5-15-40-24-10-11-25(40)17-23(16-24)19-31(41)30-7-2-3-13-37-30/h2-4,6-9,12-13,18,21,23-25H,5,10-11,14-17,19-20H2,1H3,(H,38,42)/t23?,24-,25+. The summed E-state index contributed by atoms with van der Waals surface area (Å²) in [6, 6.07) is 17.8. The summed E-state index contributed by atoms with van der Waals surface area (Å²) < 4.78 is 7.86. The lowest BCUT2D eigenvalue weighted by Gasteiger charge is -2.39. The maximum Gasteiger partial charge on any atom is 0.253 e. The second kappa shape index (κ2) is 13.1. The van der Waals surface area contributed by atoms with E-state index < -0.39 is 0 Å². The van der Waals surface area contributed by atoms with E-state index in [4.69, 9.17) is 27.9 Å². The number of amides is 1. The topological polar surface area (TPSA) is 76.5 Å². The first-order chi connectivity index (χ1) is 20.9. The Bertz CT molecular complexity index is 1610. The van der Waals surface area contributed by atoms with E-state index in [0.717, 1.165) is 54.6 Å². The number of ketones is 1. The van der Waals surface area contributed by atoms with Crippen LogP contribution in [0.15, 0.2) is 67.0 Å². The number of para-hydroxylation sites is 1. The van der Waals surface area contributed by atoms with Crippen LogP contribution in [0.25, 0.3) is 10.9 Å². The number of benzene rings is 2. The monoisotopic (exact) mass is 618 g/mol. The summed E-state index contributed by atoms with van der Waals surface area (Å²) >= 11 is 12.2. The number of fused-ring (bicyclic) bond motifs is 3. The molecule has 1 unspecified atom stereocenters. The molecule has 0 aliphatic carbocycles. The van der Waals surface area contributed by atoms with Crippen molar-refractivity contribution in [3.05, 3.63) is 93.9 Å². The fourth-order valence-electron chi connectivity index (χ4n) is 7.01. The second-order valence-corrected chi connectivity index (χ2v) is 12.5. The first kappa shape index (κ1) is 29.7. The summed E-state index contributed by atoms with van der Waals surface area (Å²) in [6.45, 7) is 2.11. The number of hydrogen-bond donors (Lipinski definition) is 1. The number of aromatic nitrogens is 2. The molecule has 2 fully saturated rings. The van der Waals surface area contributed by atoms with E-state index in [1.807, 2.05) is 48.7 Å². The number of ether oxygens (including phenoxy) is 1. The highest BCUT2D eigenvalue weighted by atomic mass is 35.5. The lowest BCUT2D eigenvalue weighted by atomic mass is 9.86. The summed E-state index contributed by atoms with van der Waals surface area (Å²) in [5.74, 6) is 1.18. The molecule has 2 saturated heterocycles.